The van der Waals surface area contributed by atoms with Gasteiger partial charge >= 0.3 is 0 Å². The normalized spacial score (nSPS) is 18.2. The number of ether oxygens (including phenoxy) is 1. The molecule has 1 aromatic rings. The van der Waals surface area contributed by atoms with Crippen LogP contribution in [-0.2, 0) is 23.3 Å². The first kappa shape index (κ1) is 15.9. The van der Waals surface area contributed by atoms with Gasteiger partial charge in [0.15, 0.2) is 0 Å². The monoisotopic (exact) mass is 296 g/mol. The lowest BCUT2D eigenvalue weighted by Gasteiger charge is -2.25. The van der Waals surface area contributed by atoms with Crippen molar-refractivity contribution in [3.8, 4) is 0 Å². The van der Waals surface area contributed by atoms with Crippen LogP contribution in [0.25, 0.3) is 0 Å². The van der Waals surface area contributed by atoms with E-state index in [-0.39, 0.29) is 5.60 Å². The van der Waals surface area contributed by atoms with E-state index in [2.05, 4.69) is 33.0 Å². The fourth-order valence-corrected chi connectivity index (χ4v) is 3.57. The molecule has 0 amide bonds. The molecule has 0 aromatic carbocycles. The average molecular weight is 296 g/mol. The zero-order chi connectivity index (χ0) is 14.6. The van der Waals surface area contributed by atoms with Crippen LogP contribution in [-0.4, -0.2) is 17.6 Å². The molecule has 0 bridgehead atoms. The van der Waals surface area contributed by atoms with Crippen molar-refractivity contribution in [2.24, 2.45) is 0 Å². The third-order valence-corrected chi connectivity index (χ3v) is 5.33. The first-order chi connectivity index (χ1) is 9.62. The van der Waals surface area contributed by atoms with Gasteiger partial charge in [0, 0.05) is 24.1 Å². The lowest BCUT2D eigenvalue weighted by Crippen LogP contribution is -2.24. The van der Waals surface area contributed by atoms with Gasteiger partial charge in [-0.2, -0.15) is 0 Å². The molecule has 20 heavy (non-hydrogen) atoms. The Kier molecular flexibility index (Phi) is 5.58. The molecular formula is C16H28N2OS. The van der Waals surface area contributed by atoms with Crippen molar-refractivity contribution >= 4 is 11.3 Å². The predicted octanol–water partition coefficient (Wildman–Crippen LogP) is 4.01. The first-order valence-electron chi connectivity index (χ1n) is 7.99. The molecular weight excluding hydrogens is 268 g/mol. The van der Waals surface area contributed by atoms with Crippen LogP contribution in [0.4, 0.5) is 0 Å². The number of aryl methyl sites for hydroxylation is 1. The molecule has 1 aromatic heterocycles. The first-order valence-corrected chi connectivity index (χ1v) is 8.81. The van der Waals surface area contributed by atoms with Crippen LogP contribution in [0.3, 0.4) is 0 Å². The lowest BCUT2D eigenvalue weighted by atomic mass is 10.0. The van der Waals surface area contributed by atoms with Crippen molar-refractivity contribution in [3.63, 3.8) is 0 Å². The number of nitrogens with zero attached hydrogens (tertiary/aromatic N) is 1. The summed E-state index contributed by atoms with van der Waals surface area (Å²) in [5.41, 5.74) is 1.06. The third kappa shape index (κ3) is 3.80. The molecule has 114 valence electrons. The minimum Gasteiger partial charge on any atom is -0.368 e. The van der Waals surface area contributed by atoms with Gasteiger partial charge in [-0.05, 0) is 39.5 Å². The molecule has 2 rings (SSSR count). The Morgan fingerprint density at radius 1 is 1.35 bits per heavy atom. The Hall–Kier alpha value is -0.450. The predicted molar refractivity (Wildman–Crippen MR) is 85.2 cm³/mol. The maximum Gasteiger partial charge on any atom is 0.125 e. The van der Waals surface area contributed by atoms with Gasteiger partial charge in [0.05, 0.1) is 5.69 Å². The standard InChI is InChI=1S/C16H28N2OS/c1-5-8-13-14(11-17-12-9-10-12)20-15(18-13)16(4,6-2)19-7-3/h12,17H,5-11H2,1-4H3. The van der Waals surface area contributed by atoms with Crippen molar-refractivity contribution in [2.45, 2.75) is 78.0 Å². The van der Waals surface area contributed by atoms with Crippen LogP contribution in [0.5, 0.6) is 0 Å². The maximum atomic E-state index is 5.98. The van der Waals surface area contributed by atoms with E-state index < -0.39 is 0 Å². The van der Waals surface area contributed by atoms with Crippen LogP contribution in [0.1, 0.15) is 69.0 Å². The third-order valence-electron chi connectivity index (χ3n) is 3.98. The molecule has 1 unspecified atom stereocenters. The number of hydrogen-bond donors (Lipinski definition) is 1. The Balaban J connectivity index is 2.17. The second-order valence-electron chi connectivity index (χ2n) is 5.81. The number of nitrogens with one attached hydrogen (secondary N) is 1. The van der Waals surface area contributed by atoms with Crippen molar-refractivity contribution in [3.05, 3.63) is 15.6 Å². The number of aromatic nitrogens is 1. The highest BCUT2D eigenvalue weighted by molar-refractivity contribution is 7.11. The van der Waals surface area contributed by atoms with Gasteiger partial charge in [0.25, 0.3) is 0 Å². The van der Waals surface area contributed by atoms with Crippen molar-refractivity contribution < 1.29 is 4.74 Å². The van der Waals surface area contributed by atoms with Gasteiger partial charge in [-0.3, -0.25) is 0 Å². The highest BCUT2D eigenvalue weighted by Crippen LogP contribution is 2.34. The van der Waals surface area contributed by atoms with Gasteiger partial charge in [0.1, 0.15) is 10.6 Å². The molecule has 3 nitrogen and oxygen atoms in total. The van der Waals surface area contributed by atoms with E-state index in [9.17, 15) is 0 Å². The van der Waals surface area contributed by atoms with E-state index in [0.29, 0.717) is 0 Å². The lowest BCUT2D eigenvalue weighted by molar-refractivity contribution is -0.0325. The molecule has 0 aliphatic heterocycles. The van der Waals surface area contributed by atoms with E-state index >= 15 is 0 Å². The fourth-order valence-electron chi connectivity index (χ4n) is 2.34. The molecule has 1 aliphatic rings. The number of hydrogen-bond acceptors (Lipinski definition) is 4. The quantitative estimate of drug-likeness (QED) is 0.747. The van der Waals surface area contributed by atoms with E-state index in [1.165, 1.54) is 23.4 Å². The van der Waals surface area contributed by atoms with E-state index in [1.54, 1.807) is 0 Å². The van der Waals surface area contributed by atoms with Gasteiger partial charge in [0.2, 0.25) is 0 Å². The zero-order valence-corrected chi connectivity index (χ0v) is 14.1. The molecule has 1 aliphatic carbocycles. The second-order valence-corrected chi connectivity index (χ2v) is 6.90. The Bertz CT molecular complexity index is 428. The zero-order valence-electron chi connectivity index (χ0n) is 13.3. The van der Waals surface area contributed by atoms with E-state index in [1.807, 2.05) is 11.3 Å². The second kappa shape index (κ2) is 7.01. The molecule has 1 atom stereocenters. The summed E-state index contributed by atoms with van der Waals surface area (Å²) in [5.74, 6) is 0. The van der Waals surface area contributed by atoms with Crippen molar-refractivity contribution in [2.75, 3.05) is 6.61 Å². The highest BCUT2D eigenvalue weighted by Gasteiger charge is 2.30. The highest BCUT2D eigenvalue weighted by atomic mass is 32.1. The summed E-state index contributed by atoms with van der Waals surface area (Å²) in [4.78, 5) is 6.32. The summed E-state index contributed by atoms with van der Waals surface area (Å²) in [6.45, 7) is 10.3. The number of rotatable bonds is 9. The van der Waals surface area contributed by atoms with Crippen LogP contribution >= 0.6 is 11.3 Å². The topological polar surface area (TPSA) is 34.1 Å². The average Bonchev–Trinajstić information content (AvgIpc) is 3.18. The maximum absolute atomic E-state index is 5.98. The number of thiazole rings is 1. The SMILES string of the molecule is CCCc1nc(C(C)(CC)OCC)sc1CNC1CC1. The molecule has 1 N–H and O–H groups in total. The van der Waals surface area contributed by atoms with Gasteiger partial charge in [-0.1, -0.05) is 20.3 Å². The molecule has 0 radical (unpaired) electrons. The molecule has 0 saturated heterocycles. The Morgan fingerprint density at radius 2 is 2.10 bits per heavy atom. The smallest absolute Gasteiger partial charge is 0.125 e. The van der Waals surface area contributed by atoms with Gasteiger partial charge in [-0.25, -0.2) is 4.98 Å². The minimum absolute atomic E-state index is 0.222. The summed E-state index contributed by atoms with van der Waals surface area (Å²) >= 11 is 1.84. The molecule has 4 heteroatoms. The molecule has 1 heterocycles. The molecule has 0 spiro atoms. The van der Waals surface area contributed by atoms with Crippen LogP contribution in [0, 0.1) is 0 Å². The Morgan fingerprint density at radius 3 is 2.65 bits per heavy atom. The van der Waals surface area contributed by atoms with Crippen LogP contribution in [0.15, 0.2) is 0 Å². The summed E-state index contributed by atoms with van der Waals surface area (Å²) in [5, 5.41) is 4.77. The summed E-state index contributed by atoms with van der Waals surface area (Å²) in [6.07, 6.45) is 5.86. The van der Waals surface area contributed by atoms with Crippen LogP contribution in [0.2, 0.25) is 0 Å². The van der Waals surface area contributed by atoms with Crippen molar-refractivity contribution in [1.82, 2.24) is 10.3 Å². The molecule has 1 fully saturated rings. The van der Waals surface area contributed by atoms with Gasteiger partial charge < -0.3 is 10.1 Å². The summed E-state index contributed by atoms with van der Waals surface area (Å²) in [7, 11) is 0. The van der Waals surface area contributed by atoms with Gasteiger partial charge in [-0.15, -0.1) is 11.3 Å². The minimum atomic E-state index is -0.222. The fraction of sp³-hybridized carbons (Fsp3) is 0.812. The van der Waals surface area contributed by atoms with Crippen LogP contribution < -0.4 is 5.32 Å². The summed E-state index contributed by atoms with van der Waals surface area (Å²) in [6, 6.07) is 0.750. The van der Waals surface area contributed by atoms with E-state index in [4.69, 9.17) is 9.72 Å². The van der Waals surface area contributed by atoms with Crippen molar-refractivity contribution in [1.29, 1.82) is 0 Å². The van der Waals surface area contributed by atoms with E-state index in [0.717, 1.165) is 43.5 Å². The Labute approximate surface area is 127 Å². The molecule has 1 saturated carbocycles. The largest absolute Gasteiger partial charge is 0.368 e. The summed E-state index contributed by atoms with van der Waals surface area (Å²) < 4.78 is 5.98.